The van der Waals surface area contributed by atoms with Crippen molar-refractivity contribution in [1.82, 2.24) is 3.11 Å². The molecule has 2 aliphatic rings. The average molecular weight is 238 g/mol. The van der Waals surface area contributed by atoms with E-state index in [9.17, 15) is 0 Å². The Morgan fingerprint density at radius 2 is 2.11 bits per heavy atom. The number of nitrogens with zero attached hydrogens (tertiary/aromatic N) is 1. The Kier molecular flexibility index (Phi) is 1.49. The van der Waals surface area contributed by atoms with E-state index < -0.39 is 0 Å². The van der Waals surface area contributed by atoms with E-state index >= 15 is 0 Å². The number of hydrogen-bond acceptors (Lipinski definition) is 1. The van der Waals surface area contributed by atoms with Crippen molar-refractivity contribution in [2.24, 2.45) is 5.41 Å². The summed E-state index contributed by atoms with van der Waals surface area (Å²) in [6, 6.07) is 0. The molecule has 0 radical (unpaired) electrons. The van der Waals surface area contributed by atoms with Crippen LogP contribution in [0.3, 0.4) is 0 Å². The molecule has 1 aliphatic carbocycles. The Labute approximate surface area is 67.4 Å². The zero-order valence-electron chi connectivity index (χ0n) is 5.86. The van der Waals surface area contributed by atoms with Gasteiger partial charge in [-0.15, -0.1) is 0 Å². The third kappa shape index (κ3) is 1.24. The third-order valence-electron chi connectivity index (χ3n) is 2.45. The van der Waals surface area contributed by atoms with Crippen molar-refractivity contribution < 1.29 is 21.5 Å². The van der Waals surface area contributed by atoms with Crippen LogP contribution in [-0.4, -0.2) is 21.1 Å². The van der Waals surface area contributed by atoms with Crippen LogP contribution in [0.2, 0.25) is 0 Å². The summed E-state index contributed by atoms with van der Waals surface area (Å²) in [7, 11) is 2.28. The fourth-order valence-electron chi connectivity index (χ4n) is 1.31. The summed E-state index contributed by atoms with van der Waals surface area (Å²) in [5.74, 6) is 0. The third-order valence-corrected chi connectivity index (χ3v) is 6.06. The number of hydrogen-bond donors (Lipinski definition) is 0. The van der Waals surface area contributed by atoms with Crippen LogP contribution in [0.4, 0.5) is 0 Å². The van der Waals surface area contributed by atoms with Gasteiger partial charge in [-0.3, -0.25) is 0 Å². The van der Waals surface area contributed by atoms with Gasteiger partial charge in [0.25, 0.3) is 0 Å². The molecule has 1 aliphatic heterocycles. The Morgan fingerprint density at radius 3 is 2.56 bits per heavy atom. The Bertz CT molecular complexity index is 110. The second-order valence-electron chi connectivity index (χ2n) is 3.33. The molecule has 2 rings (SSSR count). The molecule has 2 fully saturated rings. The molecule has 9 heavy (non-hydrogen) atoms. The van der Waals surface area contributed by atoms with Crippen molar-refractivity contribution in [1.29, 1.82) is 0 Å². The van der Waals surface area contributed by atoms with Crippen molar-refractivity contribution in [3.63, 3.8) is 0 Å². The molecule has 0 bridgehead atoms. The van der Waals surface area contributed by atoms with Gasteiger partial charge in [0.05, 0.1) is 0 Å². The topological polar surface area (TPSA) is 3.24 Å². The SMILES string of the molecule is CN1CCC2(CC2)C[I-]1. The summed E-state index contributed by atoms with van der Waals surface area (Å²) in [5, 5.41) is 0. The first-order valence-corrected chi connectivity index (χ1v) is 6.10. The first-order valence-electron chi connectivity index (χ1n) is 3.61. The van der Waals surface area contributed by atoms with E-state index in [4.69, 9.17) is 0 Å². The molecule has 1 saturated carbocycles. The molecule has 0 aromatic carbocycles. The molecule has 0 aromatic heterocycles. The van der Waals surface area contributed by atoms with Crippen LogP contribution >= 0.6 is 0 Å². The first kappa shape index (κ1) is 6.40. The van der Waals surface area contributed by atoms with Crippen molar-refractivity contribution in [2.45, 2.75) is 19.3 Å². The second kappa shape index (κ2) is 2.09. The standard InChI is InChI=1S/C7H13IN/c1-9-5-4-7(2-3-7)6-8-9/h2-6H2,1H3/q-1. The zero-order valence-corrected chi connectivity index (χ0v) is 8.02. The molecular formula is C7H13IN-. The summed E-state index contributed by atoms with van der Waals surface area (Å²) >= 11 is 0.458. The molecular weight excluding hydrogens is 225 g/mol. The van der Waals surface area contributed by atoms with Gasteiger partial charge in [0.2, 0.25) is 0 Å². The van der Waals surface area contributed by atoms with Gasteiger partial charge in [-0.1, -0.05) is 0 Å². The fraction of sp³-hybridized carbons (Fsp3) is 1.00. The molecule has 54 valence electrons. The van der Waals surface area contributed by atoms with Crippen LogP contribution in [-0.2, 0) is 0 Å². The molecule has 1 nitrogen and oxygen atoms in total. The summed E-state index contributed by atoms with van der Waals surface area (Å²) in [4.78, 5) is 0. The summed E-state index contributed by atoms with van der Waals surface area (Å²) < 4.78 is 4.14. The van der Waals surface area contributed by atoms with Gasteiger partial charge in [0, 0.05) is 0 Å². The van der Waals surface area contributed by atoms with Crippen LogP contribution in [0.25, 0.3) is 0 Å². The summed E-state index contributed by atoms with van der Waals surface area (Å²) in [5.41, 5.74) is 0.916. The quantitative estimate of drug-likeness (QED) is 0.271. The maximum absolute atomic E-state index is 2.56. The van der Waals surface area contributed by atoms with E-state index in [1.807, 2.05) is 0 Å². The van der Waals surface area contributed by atoms with Crippen LogP contribution in [0.15, 0.2) is 0 Å². The maximum atomic E-state index is 2.56. The minimum atomic E-state index is 0.458. The predicted octanol–water partition coefficient (Wildman–Crippen LogP) is -1.89. The van der Waals surface area contributed by atoms with E-state index in [2.05, 4.69) is 10.2 Å². The van der Waals surface area contributed by atoms with Gasteiger partial charge in [-0.25, -0.2) is 0 Å². The Hall–Kier alpha value is 0.690. The summed E-state index contributed by atoms with van der Waals surface area (Å²) in [6.07, 6.45) is 4.62. The first-order chi connectivity index (χ1) is 4.31. The molecule has 1 spiro atoms. The van der Waals surface area contributed by atoms with Crippen LogP contribution in [0, 0.1) is 5.41 Å². The molecule has 0 aromatic rings. The van der Waals surface area contributed by atoms with Gasteiger partial charge in [-0.2, -0.15) is 0 Å². The Morgan fingerprint density at radius 1 is 1.33 bits per heavy atom. The normalized spacial score (nSPS) is 33.9. The van der Waals surface area contributed by atoms with Gasteiger partial charge in [0.15, 0.2) is 0 Å². The van der Waals surface area contributed by atoms with Crippen LogP contribution in [0.1, 0.15) is 19.3 Å². The number of halogens is 1. The molecule has 0 N–H and O–H groups in total. The molecule has 0 amide bonds. The van der Waals surface area contributed by atoms with Crippen molar-refractivity contribution in [2.75, 3.05) is 18.0 Å². The monoisotopic (exact) mass is 238 g/mol. The molecule has 0 atom stereocenters. The number of rotatable bonds is 0. The summed E-state index contributed by atoms with van der Waals surface area (Å²) in [6.45, 7) is 1.40. The van der Waals surface area contributed by atoms with E-state index in [1.54, 1.807) is 17.3 Å². The van der Waals surface area contributed by atoms with Crippen LogP contribution < -0.4 is 21.5 Å². The molecule has 0 unspecified atom stereocenters. The molecule has 2 heteroatoms. The van der Waals surface area contributed by atoms with Gasteiger partial charge in [-0.05, 0) is 0 Å². The zero-order chi connectivity index (χ0) is 6.32. The van der Waals surface area contributed by atoms with E-state index in [-0.39, 0.29) is 0 Å². The Balaban J connectivity index is 1.91. The van der Waals surface area contributed by atoms with Crippen molar-refractivity contribution >= 4 is 0 Å². The second-order valence-corrected chi connectivity index (χ2v) is 6.42. The number of alkyl halides is 1. The fourth-order valence-corrected chi connectivity index (χ4v) is 4.34. The molecule has 1 saturated heterocycles. The van der Waals surface area contributed by atoms with Crippen molar-refractivity contribution in [3.05, 3.63) is 0 Å². The van der Waals surface area contributed by atoms with Gasteiger partial charge >= 0.3 is 67.3 Å². The van der Waals surface area contributed by atoms with Gasteiger partial charge in [0.1, 0.15) is 0 Å². The predicted molar refractivity (Wildman–Crippen MR) is 33.8 cm³/mol. The minimum absolute atomic E-state index is 0.458. The van der Waals surface area contributed by atoms with Crippen molar-refractivity contribution in [3.8, 4) is 0 Å². The van der Waals surface area contributed by atoms with E-state index in [0.29, 0.717) is 21.5 Å². The van der Waals surface area contributed by atoms with Gasteiger partial charge < -0.3 is 0 Å². The van der Waals surface area contributed by atoms with E-state index in [0.717, 1.165) is 5.41 Å². The van der Waals surface area contributed by atoms with E-state index in [1.165, 1.54) is 13.0 Å². The van der Waals surface area contributed by atoms with Crippen LogP contribution in [0.5, 0.6) is 0 Å². The molecule has 1 heterocycles. The average Bonchev–Trinajstić information content (AvgIpc) is 2.60.